The smallest absolute Gasteiger partial charge is 0.213 e. The molecule has 15 heavy (non-hydrogen) atoms. The van der Waals surface area contributed by atoms with Crippen molar-refractivity contribution in [1.29, 1.82) is 0 Å². The normalized spacial score (nSPS) is 16.9. The molecule has 0 radical (unpaired) electrons. The fourth-order valence-corrected chi connectivity index (χ4v) is 2.06. The van der Waals surface area contributed by atoms with Crippen molar-refractivity contribution in [3.05, 3.63) is 23.9 Å². The summed E-state index contributed by atoms with van der Waals surface area (Å²) in [6.45, 7) is 0.920. The summed E-state index contributed by atoms with van der Waals surface area (Å²) >= 11 is 0. The minimum Gasteiger partial charge on any atom is -0.481 e. The summed E-state index contributed by atoms with van der Waals surface area (Å²) in [4.78, 5) is 4.09. The summed E-state index contributed by atoms with van der Waals surface area (Å²) < 4.78 is 5.09. The number of nitrogens with zero attached hydrogens (tertiary/aromatic N) is 1. The predicted octanol–water partition coefficient (Wildman–Crippen LogP) is 2.12. The molecule has 0 saturated heterocycles. The molecule has 0 unspecified atom stereocenters. The molecule has 2 rings (SSSR count). The molecule has 1 aliphatic carbocycles. The lowest BCUT2D eigenvalue weighted by molar-refractivity contribution is 0.396. The Bertz CT molecular complexity index is 308. The monoisotopic (exact) mass is 206 g/mol. The lowest BCUT2D eigenvalue weighted by Gasteiger charge is -2.11. The van der Waals surface area contributed by atoms with E-state index >= 15 is 0 Å². The van der Waals surface area contributed by atoms with Gasteiger partial charge in [-0.25, -0.2) is 4.98 Å². The van der Waals surface area contributed by atoms with Crippen LogP contribution in [0.1, 0.15) is 31.2 Å². The van der Waals surface area contributed by atoms with E-state index in [0.717, 1.165) is 6.54 Å². The van der Waals surface area contributed by atoms with E-state index in [1.54, 1.807) is 13.3 Å². The maximum absolute atomic E-state index is 5.09. The zero-order valence-electron chi connectivity index (χ0n) is 9.20. The number of methoxy groups -OCH3 is 1. The zero-order chi connectivity index (χ0) is 10.5. The lowest BCUT2D eigenvalue weighted by Crippen LogP contribution is -2.25. The number of ether oxygens (including phenoxy) is 1. The van der Waals surface area contributed by atoms with E-state index in [-0.39, 0.29) is 0 Å². The number of hydrogen-bond acceptors (Lipinski definition) is 3. The fraction of sp³-hybridized carbons (Fsp3) is 0.583. The van der Waals surface area contributed by atoms with Gasteiger partial charge in [0.1, 0.15) is 0 Å². The third kappa shape index (κ3) is 2.93. The minimum atomic E-state index is 0.695. The van der Waals surface area contributed by atoms with Crippen LogP contribution in [0.3, 0.4) is 0 Å². The van der Waals surface area contributed by atoms with E-state index in [1.165, 1.54) is 31.2 Å². The SMILES string of the molecule is COc1cc(CNC2CCCC2)ccn1. The molecule has 1 heterocycles. The first-order chi connectivity index (χ1) is 7.38. The molecule has 0 spiro atoms. The Balaban J connectivity index is 1.86. The van der Waals surface area contributed by atoms with E-state index in [9.17, 15) is 0 Å². The highest BCUT2D eigenvalue weighted by atomic mass is 16.5. The third-order valence-corrected chi connectivity index (χ3v) is 2.96. The first-order valence-electron chi connectivity index (χ1n) is 5.61. The molecule has 1 aromatic rings. The van der Waals surface area contributed by atoms with Gasteiger partial charge in [0.2, 0.25) is 5.88 Å². The third-order valence-electron chi connectivity index (χ3n) is 2.96. The van der Waals surface area contributed by atoms with E-state index < -0.39 is 0 Å². The average Bonchev–Trinajstić information content (AvgIpc) is 2.79. The van der Waals surface area contributed by atoms with Crippen molar-refractivity contribution < 1.29 is 4.74 Å². The Hall–Kier alpha value is -1.09. The van der Waals surface area contributed by atoms with Crippen LogP contribution in [0.4, 0.5) is 0 Å². The summed E-state index contributed by atoms with van der Waals surface area (Å²) in [5.41, 5.74) is 1.24. The Morgan fingerprint density at radius 1 is 1.47 bits per heavy atom. The van der Waals surface area contributed by atoms with Crippen molar-refractivity contribution in [2.75, 3.05) is 7.11 Å². The minimum absolute atomic E-state index is 0.695. The fourth-order valence-electron chi connectivity index (χ4n) is 2.06. The Labute approximate surface area is 90.9 Å². The van der Waals surface area contributed by atoms with Gasteiger partial charge in [-0.05, 0) is 24.5 Å². The summed E-state index contributed by atoms with van der Waals surface area (Å²) in [5.74, 6) is 0.695. The summed E-state index contributed by atoms with van der Waals surface area (Å²) in [6, 6.07) is 4.73. The highest BCUT2D eigenvalue weighted by Gasteiger charge is 2.13. The standard InChI is InChI=1S/C12H18N2O/c1-15-12-8-10(6-7-13-12)9-14-11-4-2-3-5-11/h6-8,11,14H,2-5,9H2,1H3. The summed E-state index contributed by atoms with van der Waals surface area (Å²) in [5, 5.41) is 3.57. The van der Waals surface area contributed by atoms with Gasteiger partial charge in [-0.3, -0.25) is 0 Å². The van der Waals surface area contributed by atoms with E-state index in [2.05, 4.69) is 10.3 Å². The zero-order valence-corrected chi connectivity index (χ0v) is 9.20. The summed E-state index contributed by atoms with van der Waals surface area (Å²) in [6.07, 6.45) is 7.18. The quantitative estimate of drug-likeness (QED) is 0.819. The number of aromatic nitrogens is 1. The second kappa shape index (κ2) is 5.12. The van der Waals surface area contributed by atoms with Crippen molar-refractivity contribution in [2.24, 2.45) is 0 Å². The molecule has 1 saturated carbocycles. The molecule has 3 heteroatoms. The highest BCUT2D eigenvalue weighted by Crippen LogP contribution is 2.18. The van der Waals surface area contributed by atoms with E-state index in [1.807, 2.05) is 12.1 Å². The predicted molar refractivity (Wildman–Crippen MR) is 59.9 cm³/mol. The molecule has 3 nitrogen and oxygen atoms in total. The van der Waals surface area contributed by atoms with E-state index in [4.69, 9.17) is 4.74 Å². The maximum Gasteiger partial charge on any atom is 0.213 e. The van der Waals surface area contributed by atoms with Gasteiger partial charge in [-0.1, -0.05) is 12.8 Å². The average molecular weight is 206 g/mol. The molecule has 1 aromatic heterocycles. The summed E-state index contributed by atoms with van der Waals surface area (Å²) in [7, 11) is 1.65. The second-order valence-corrected chi connectivity index (χ2v) is 4.07. The van der Waals surface area contributed by atoms with Gasteiger partial charge in [0.15, 0.2) is 0 Å². The molecular formula is C12H18N2O. The molecule has 1 aliphatic rings. The number of pyridine rings is 1. The second-order valence-electron chi connectivity index (χ2n) is 4.07. The molecule has 0 amide bonds. The molecule has 0 aliphatic heterocycles. The van der Waals surface area contributed by atoms with Gasteiger partial charge in [-0.2, -0.15) is 0 Å². The largest absolute Gasteiger partial charge is 0.481 e. The van der Waals surface area contributed by atoms with Crippen molar-refractivity contribution >= 4 is 0 Å². The van der Waals surface area contributed by atoms with Crippen LogP contribution in [0.2, 0.25) is 0 Å². The van der Waals surface area contributed by atoms with Crippen LogP contribution in [-0.2, 0) is 6.54 Å². The first-order valence-corrected chi connectivity index (χ1v) is 5.61. The van der Waals surface area contributed by atoms with Crippen LogP contribution in [0.15, 0.2) is 18.3 Å². The van der Waals surface area contributed by atoms with Crippen LogP contribution < -0.4 is 10.1 Å². The Morgan fingerprint density at radius 2 is 2.27 bits per heavy atom. The number of hydrogen-bond donors (Lipinski definition) is 1. The topological polar surface area (TPSA) is 34.1 Å². The first kappa shape index (κ1) is 10.4. The van der Waals surface area contributed by atoms with E-state index in [0.29, 0.717) is 11.9 Å². The van der Waals surface area contributed by atoms with Crippen molar-refractivity contribution in [1.82, 2.24) is 10.3 Å². The van der Waals surface area contributed by atoms with Crippen LogP contribution in [0, 0.1) is 0 Å². The van der Waals surface area contributed by atoms with Gasteiger partial charge in [0.05, 0.1) is 7.11 Å². The highest BCUT2D eigenvalue weighted by molar-refractivity contribution is 5.20. The van der Waals surface area contributed by atoms with Crippen LogP contribution in [0.25, 0.3) is 0 Å². The van der Waals surface area contributed by atoms with Crippen LogP contribution >= 0.6 is 0 Å². The molecule has 1 N–H and O–H groups in total. The molecule has 0 bridgehead atoms. The van der Waals surface area contributed by atoms with Crippen LogP contribution in [0.5, 0.6) is 5.88 Å². The Morgan fingerprint density at radius 3 is 3.00 bits per heavy atom. The lowest BCUT2D eigenvalue weighted by atomic mass is 10.2. The number of rotatable bonds is 4. The Kier molecular flexibility index (Phi) is 3.56. The van der Waals surface area contributed by atoms with Crippen molar-refractivity contribution in [2.45, 2.75) is 38.3 Å². The molecule has 82 valence electrons. The van der Waals surface area contributed by atoms with Gasteiger partial charge < -0.3 is 10.1 Å². The number of nitrogens with one attached hydrogen (secondary N) is 1. The van der Waals surface area contributed by atoms with Crippen molar-refractivity contribution in [3.63, 3.8) is 0 Å². The van der Waals surface area contributed by atoms with Gasteiger partial charge in [0, 0.05) is 24.8 Å². The van der Waals surface area contributed by atoms with Gasteiger partial charge >= 0.3 is 0 Å². The van der Waals surface area contributed by atoms with Crippen LogP contribution in [-0.4, -0.2) is 18.1 Å². The maximum atomic E-state index is 5.09. The molecular weight excluding hydrogens is 188 g/mol. The molecule has 1 fully saturated rings. The molecule has 0 atom stereocenters. The van der Waals surface area contributed by atoms with Gasteiger partial charge in [0.25, 0.3) is 0 Å². The van der Waals surface area contributed by atoms with Gasteiger partial charge in [-0.15, -0.1) is 0 Å². The molecule has 0 aromatic carbocycles. The van der Waals surface area contributed by atoms with Crippen molar-refractivity contribution in [3.8, 4) is 5.88 Å².